The van der Waals surface area contributed by atoms with Crippen LogP contribution in [-0.2, 0) is 11.3 Å². The number of nitrogens with one attached hydrogen (secondary N) is 1. The fraction of sp³-hybridized carbons (Fsp3) is 0.421. The molecule has 1 aliphatic heterocycles. The highest BCUT2D eigenvalue weighted by Crippen LogP contribution is 2.48. The average Bonchev–Trinajstić information content (AvgIpc) is 3.18. The molecule has 1 aromatic heterocycles. The Morgan fingerprint density at radius 3 is 3.04 bits per heavy atom. The van der Waals surface area contributed by atoms with E-state index in [1.807, 2.05) is 30.3 Å². The first-order valence-electron chi connectivity index (χ1n) is 8.68. The van der Waals surface area contributed by atoms with Crippen molar-refractivity contribution >= 4 is 22.9 Å². The lowest BCUT2D eigenvalue weighted by atomic mass is 9.81. The number of urea groups is 1. The minimum Gasteiger partial charge on any atom is -0.481 e. The maximum Gasteiger partial charge on any atom is 0.317 e. The van der Waals surface area contributed by atoms with Gasteiger partial charge in [-0.2, -0.15) is 0 Å². The zero-order valence-corrected chi connectivity index (χ0v) is 13.9. The number of hydrogen-bond donors (Lipinski definition) is 2. The lowest BCUT2D eigenvalue weighted by Crippen LogP contribution is -2.41. The second-order valence-corrected chi connectivity index (χ2v) is 7.12. The van der Waals surface area contributed by atoms with Crippen LogP contribution < -0.4 is 5.32 Å². The molecule has 6 heteroatoms. The van der Waals surface area contributed by atoms with Crippen molar-refractivity contribution in [1.82, 2.24) is 15.2 Å². The van der Waals surface area contributed by atoms with Crippen molar-refractivity contribution in [2.75, 3.05) is 13.1 Å². The molecule has 1 saturated carbocycles. The van der Waals surface area contributed by atoms with Gasteiger partial charge in [-0.05, 0) is 42.5 Å². The number of rotatable bonds is 3. The molecule has 130 valence electrons. The number of likely N-dealkylation sites (tertiary alicyclic amines) is 1. The Labute approximate surface area is 145 Å². The monoisotopic (exact) mass is 339 g/mol. The predicted octanol–water partition coefficient (Wildman–Crippen LogP) is 2.63. The number of fused-ring (bicyclic) bond motifs is 2. The summed E-state index contributed by atoms with van der Waals surface area (Å²) in [6, 6.07) is 9.61. The van der Waals surface area contributed by atoms with Crippen molar-refractivity contribution in [3.8, 4) is 0 Å². The van der Waals surface area contributed by atoms with Crippen LogP contribution in [0, 0.1) is 11.3 Å². The molecule has 0 unspecified atom stereocenters. The Balaban J connectivity index is 1.41. The summed E-state index contributed by atoms with van der Waals surface area (Å²) >= 11 is 0. The van der Waals surface area contributed by atoms with Crippen LogP contribution in [0.2, 0.25) is 0 Å². The van der Waals surface area contributed by atoms with E-state index >= 15 is 0 Å². The zero-order valence-electron chi connectivity index (χ0n) is 13.9. The maximum atomic E-state index is 12.5. The van der Waals surface area contributed by atoms with Crippen molar-refractivity contribution in [2.24, 2.45) is 11.3 Å². The van der Waals surface area contributed by atoms with Crippen LogP contribution >= 0.6 is 0 Å². The number of carbonyl (C=O) groups excluding carboxylic acids is 1. The quantitative estimate of drug-likeness (QED) is 0.900. The highest BCUT2D eigenvalue weighted by molar-refractivity contribution is 5.81. The van der Waals surface area contributed by atoms with E-state index in [4.69, 9.17) is 0 Å². The first-order valence-corrected chi connectivity index (χ1v) is 8.68. The van der Waals surface area contributed by atoms with Gasteiger partial charge in [0.05, 0.1) is 10.9 Å². The fourth-order valence-corrected chi connectivity index (χ4v) is 4.32. The molecular formula is C19H21N3O3. The summed E-state index contributed by atoms with van der Waals surface area (Å²) in [5.74, 6) is -0.671. The zero-order chi connectivity index (χ0) is 17.4. The number of hydrogen-bond acceptors (Lipinski definition) is 3. The van der Waals surface area contributed by atoms with Crippen molar-refractivity contribution in [3.63, 3.8) is 0 Å². The van der Waals surface area contributed by atoms with Crippen molar-refractivity contribution < 1.29 is 14.7 Å². The van der Waals surface area contributed by atoms with Gasteiger partial charge < -0.3 is 15.3 Å². The summed E-state index contributed by atoms with van der Waals surface area (Å²) in [6.07, 6.45) is 4.27. The summed E-state index contributed by atoms with van der Waals surface area (Å²) in [5, 5.41) is 13.6. The second-order valence-electron chi connectivity index (χ2n) is 7.12. The van der Waals surface area contributed by atoms with E-state index in [-0.39, 0.29) is 11.9 Å². The fourth-order valence-electron chi connectivity index (χ4n) is 4.32. The van der Waals surface area contributed by atoms with Gasteiger partial charge in [0.15, 0.2) is 0 Å². The molecule has 1 aliphatic carbocycles. The molecule has 2 N–H and O–H groups in total. The largest absolute Gasteiger partial charge is 0.481 e. The lowest BCUT2D eigenvalue weighted by molar-refractivity contribution is -0.149. The van der Waals surface area contributed by atoms with Crippen LogP contribution in [0.3, 0.4) is 0 Å². The number of pyridine rings is 1. The summed E-state index contributed by atoms with van der Waals surface area (Å²) in [4.78, 5) is 30.2. The molecule has 0 radical (unpaired) electrons. The van der Waals surface area contributed by atoms with E-state index in [2.05, 4.69) is 10.3 Å². The van der Waals surface area contributed by atoms with Crippen molar-refractivity contribution in [2.45, 2.75) is 25.8 Å². The lowest BCUT2D eigenvalue weighted by Gasteiger charge is -2.23. The van der Waals surface area contributed by atoms with Gasteiger partial charge in [0.25, 0.3) is 0 Å². The first kappa shape index (κ1) is 15.9. The van der Waals surface area contributed by atoms with E-state index in [0.29, 0.717) is 26.1 Å². The van der Waals surface area contributed by atoms with E-state index < -0.39 is 11.4 Å². The Morgan fingerprint density at radius 2 is 2.24 bits per heavy atom. The second kappa shape index (κ2) is 6.02. The van der Waals surface area contributed by atoms with Gasteiger partial charge in [0, 0.05) is 31.2 Å². The molecule has 1 aromatic carbocycles. The third-order valence-corrected chi connectivity index (χ3v) is 5.70. The van der Waals surface area contributed by atoms with Gasteiger partial charge in [-0.1, -0.05) is 18.6 Å². The average molecular weight is 339 g/mol. The molecule has 0 bridgehead atoms. The van der Waals surface area contributed by atoms with Crippen LogP contribution in [0.25, 0.3) is 10.9 Å². The third kappa shape index (κ3) is 2.71. The molecule has 1 saturated heterocycles. The molecule has 4 rings (SSSR count). The Morgan fingerprint density at radius 1 is 1.36 bits per heavy atom. The highest BCUT2D eigenvalue weighted by Gasteiger charge is 2.55. The molecule has 2 heterocycles. The number of carboxylic acid groups (broad SMARTS) is 1. The third-order valence-electron chi connectivity index (χ3n) is 5.70. The summed E-state index contributed by atoms with van der Waals surface area (Å²) in [6.45, 7) is 1.28. The molecule has 2 aromatic rings. The topological polar surface area (TPSA) is 82.5 Å². The normalized spacial score (nSPS) is 25.1. The molecule has 2 amide bonds. The molecular weight excluding hydrogens is 318 g/mol. The van der Waals surface area contributed by atoms with Gasteiger partial charge in [0.2, 0.25) is 0 Å². The Hall–Kier alpha value is -2.63. The SMILES string of the molecule is O=C(NCc1ccc2ncccc2c1)N1C[C@@H]2CCC[C@@]2(C(=O)O)C1. The predicted molar refractivity (Wildman–Crippen MR) is 93.0 cm³/mol. The Bertz CT molecular complexity index is 838. The first-order chi connectivity index (χ1) is 12.1. The molecule has 0 spiro atoms. The van der Waals surface area contributed by atoms with E-state index in [0.717, 1.165) is 29.3 Å². The number of aromatic nitrogens is 1. The van der Waals surface area contributed by atoms with E-state index in [1.165, 1.54) is 0 Å². The molecule has 2 aliphatic rings. The number of amides is 2. The van der Waals surface area contributed by atoms with Gasteiger partial charge >= 0.3 is 12.0 Å². The summed E-state index contributed by atoms with van der Waals surface area (Å²) in [5.41, 5.74) is 1.20. The maximum absolute atomic E-state index is 12.5. The number of carboxylic acids is 1. The van der Waals surface area contributed by atoms with Gasteiger partial charge in [-0.15, -0.1) is 0 Å². The molecule has 2 atom stereocenters. The van der Waals surface area contributed by atoms with Crippen LogP contribution in [0.5, 0.6) is 0 Å². The van der Waals surface area contributed by atoms with Crippen LogP contribution in [0.4, 0.5) is 4.79 Å². The minimum atomic E-state index is -0.757. The van der Waals surface area contributed by atoms with Crippen LogP contribution in [0.1, 0.15) is 24.8 Å². The van der Waals surface area contributed by atoms with E-state index in [9.17, 15) is 14.7 Å². The smallest absolute Gasteiger partial charge is 0.317 e. The van der Waals surface area contributed by atoms with Crippen molar-refractivity contribution in [1.29, 1.82) is 0 Å². The van der Waals surface area contributed by atoms with E-state index in [1.54, 1.807) is 11.1 Å². The summed E-state index contributed by atoms with van der Waals surface area (Å²) in [7, 11) is 0. The number of nitrogens with zero attached hydrogens (tertiary/aromatic N) is 2. The summed E-state index contributed by atoms with van der Waals surface area (Å²) < 4.78 is 0. The van der Waals surface area contributed by atoms with Crippen LogP contribution in [-0.4, -0.2) is 40.1 Å². The number of aliphatic carboxylic acids is 1. The van der Waals surface area contributed by atoms with Gasteiger partial charge in [-0.3, -0.25) is 9.78 Å². The Kier molecular flexibility index (Phi) is 3.82. The molecule has 2 fully saturated rings. The number of carbonyl (C=O) groups is 2. The molecule has 25 heavy (non-hydrogen) atoms. The van der Waals surface area contributed by atoms with Gasteiger partial charge in [0.1, 0.15) is 0 Å². The standard InChI is InChI=1S/C19H21N3O3/c23-17(24)19-7-1-4-15(19)11-22(12-19)18(25)21-10-13-5-6-16-14(9-13)3-2-8-20-16/h2-3,5-6,8-9,15H,1,4,7,10-12H2,(H,21,25)(H,23,24)/t15-,19+/m0/s1. The highest BCUT2D eigenvalue weighted by atomic mass is 16.4. The van der Waals surface area contributed by atoms with Gasteiger partial charge in [-0.25, -0.2) is 4.79 Å². The molecule has 6 nitrogen and oxygen atoms in total. The van der Waals surface area contributed by atoms with Crippen LogP contribution in [0.15, 0.2) is 36.5 Å². The minimum absolute atomic E-state index is 0.0856. The van der Waals surface area contributed by atoms with Crippen molar-refractivity contribution in [3.05, 3.63) is 42.1 Å². The number of benzene rings is 1.